The van der Waals surface area contributed by atoms with Crippen LogP contribution >= 0.6 is 0 Å². The van der Waals surface area contributed by atoms with Crippen LogP contribution in [0.1, 0.15) is 22.5 Å². The van der Waals surface area contributed by atoms with Crippen molar-refractivity contribution in [2.75, 3.05) is 11.6 Å². The Balaban J connectivity index is 1.60. The van der Waals surface area contributed by atoms with E-state index in [1.807, 2.05) is 0 Å². The van der Waals surface area contributed by atoms with Crippen LogP contribution in [0.5, 0.6) is 0 Å². The number of anilines is 1. The predicted octanol–water partition coefficient (Wildman–Crippen LogP) is 4.61. The summed E-state index contributed by atoms with van der Waals surface area (Å²) in [5.41, 5.74) is 0.0431. The highest BCUT2D eigenvalue weighted by atomic mass is 19.4. The summed E-state index contributed by atoms with van der Waals surface area (Å²) in [6.45, 7) is 0.749. The molecule has 0 unspecified atom stereocenters. The van der Waals surface area contributed by atoms with E-state index in [9.17, 15) is 22.8 Å². The molecule has 4 aromatic rings. The fourth-order valence-electron chi connectivity index (χ4n) is 3.38. The predicted molar refractivity (Wildman–Crippen MR) is 137 cm³/mol. The van der Waals surface area contributed by atoms with Gasteiger partial charge >= 0.3 is 12.1 Å². The number of hydrogen-bond acceptors (Lipinski definition) is 7. The maximum absolute atomic E-state index is 13.3. The minimum atomic E-state index is -4.64. The lowest BCUT2D eigenvalue weighted by Crippen LogP contribution is -2.31. The van der Waals surface area contributed by atoms with Gasteiger partial charge in [0, 0.05) is 0 Å². The topological polar surface area (TPSA) is 103 Å². The van der Waals surface area contributed by atoms with Crippen molar-refractivity contribution in [3.63, 3.8) is 0 Å². The number of nitrogens with zero attached hydrogens (tertiary/aromatic N) is 6. The van der Waals surface area contributed by atoms with Gasteiger partial charge in [-0.15, -0.1) is 5.10 Å². The molecule has 1 aromatic heterocycles. The van der Waals surface area contributed by atoms with Crippen LogP contribution < -0.4 is 5.01 Å². The molecule has 0 aliphatic heterocycles. The van der Waals surface area contributed by atoms with Gasteiger partial charge in [0.25, 0.3) is 5.91 Å². The number of hydrogen-bond donors (Lipinski definition) is 0. The first-order valence-electron chi connectivity index (χ1n) is 11.5. The smallest absolute Gasteiger partial charge is 0.416 e. The van der Waals surface area contributed by atoms with Crippen molar-refractivity contribution in [1.82, 2.24) is 20.2 Å². The third kappa shape index (κ3) is 7.01. The van der Waals surface area contributed by atoms with Crippen LogP contribution in [0.2, 0.25) is 0 Å². The second kappa shape index (κ2) is 11.9. The van der Waals surface area contributed by atoms with Crippen molar-refractivity contribution >= 4 is 35.6 Å². The first kappa shape index (κ1) is 26.9. The minimum Gasteiger partial charge on any atom is -0.451 e. The molecule has 1 heterocycles. The second-order valence-electron chi connectivity index (χ2n) is 8.06. The van der Waals surface area contributed by atoms with E-state index in [4.69, 9.17) is 4.74 Å². The van der Waals surface area contributed by atoms with Gasteiger partial charge in [-0.3, -0.25) is 4.79 Å². The molecule has 0 saturated heterocycles. The van der Waals surface area contributed by atoms with E-state index in [1.165, 1.54) is 18.4 Å². The largest absolute Gasteiger partial charge is 0.451 e. The summed E-state index contributed by atoms with van der Waals surface area (Å²) in [7, 11) is 0. The van der Waals surface area contributed by atoms with Crippen LogP contribution in [0.4, 0.5) is 18.9 Å². The number of rotatable bonds is 8. The molecule has 0 bridgehead atoms. The maximum atomic E-state index is 13.3. The number of halogens is 3. The highest BCUT2D eigenvalue weighted by molar-refractivity contribution is 6.15. The fraction of sp³-hybridized carbons (Fsp3) is 0.111. The van der Waals surface area contributed by atoms with Gasteiger partial charge in [-0.25, -0.2) is 4.79 Å². The Hall–Kier alpha value is -5.13. The summed E-state index contributed by atoms with van der Waals surface area (Å²) in [5.74, 6) is -1.53. The van der Waals surface area contributed by atoms with Crippen molar-refractivity contribution in [3.05, 3.63) is 107 Å². The van der Waals surface area contributed by atoms with Crippen molar-refractivity contribution in [2.45, 2.75) is 13.1 Å². The minimum absolute atomic E-state index is 0.0742. The molecule has 198 valence electrons. The number of benzene rings is 3. The Morgan fingerprint density at radius 3 is 2.26 bits per heavy atom. The molecule has 3 aromatic carbocycles. The Kier molecular flexibility index (Phi) is 8.24. The molecule has 0 N–H and O–H groups in total. The number of aromatic nitrogens is 4. The van der Waals surface area contributed by atoms with E-state index in [0.717, 1.165) is 27.9 Å². The number of alkyl halides is 3. The highest BCUT2D eigenvalue weighted by Crippen LogP contribution is 2.32. The Morgan fingerprint density at radius 2 is 1.64 bits per heavy atom. The first-order chi connectivity index (χ1) is 18.7. The molecular weight excluding hydrogens is 513 g/mol. The normalized spacial score (nSPS) is 11.9. The zero-order chi connectivity index (χ0) is 27.8. The number of hydrazone groups is 1. The summed E-state index contributed by atoms with van der Waals surface area (Å²) in [6, 6.07) is 21.6. The van der Waals surface area contributed by atoms with Gasteiger partial charge in [-0.2, -0.15) is 28.0 Å². The molecule has 0 spiro atoms. The zero-order valence-corrected chi connectivity index (χ0v) is 20.5. The van der Waals surface area contributed by atoms with Crippen molar-refractivity contribution in [1.29, 1.82) is 0 Å². The number of esters is 1. The van der Waals surface area contributed by atoms with Crippen LogP contribution in [0.15, 0.2) is 90.0 Å². The quantitative estimate of drug-likeness (QED) is 0.142. The lowest BCUT2D eigenvalue weighted by Gasteiger charge is -2.19. The second-order valence-corrected chi connectivity index (χ2v) is 8.06. The van der Waals surface area contributed by atoms with Crippen LogP contribution in [0.3, 0.4) is 0 Å². The van der Waals surface area contributed by atoms with Crippen LogP contribution in [-0.4, -0.2) is 44.9 Å². The number of carbonyl (C=O) groups is 2. The van der Waals surface area contributed by atoms with E-state index in [-0.39, 0.29) is 11.4 Å². The third-order valence-corrected chi connectivity index (χ3v) is 5.27. The molecule has 0 aliphatic rings. The summed E-state index contributed by atoms with van der Waals surface area (Å²) >= 11 is 0. The number of aryl methyl sites for hydroxylation is 1. The molecule has 0 fully saturated rings. The van der Waals surface area contributed by atoms with Gasteiger partial charge in [0.2, 0.25) is 0 Å². The summed E-state index contributed by atoms with van der Waals surface area (Å²) in [4.78, 5) is 26.2. The van der Waals surface area contributed by atoms with E-state index in [0.29, 0.717) is 17.0 Å². The van der Waals surface area contributed by atoms with E-state index >= 15 is 0 Å². The number of carbonyl (C=O) groups excluding carboxylic acids is 2. The van der Waals surface area contributed by atoms with Crippen molar-refractivity contribution in [2.24, 2.45) is 5.10 Å². The van der Waals surface area contributed by atoms with E-state index in [2.05, 4.69) is 20.6 Å². The Labute approximate surface area is 220 Å². The molecular formula is C27H21F3N6O3. The lowest BCUT2D eigenvalue weighted by atomic mass is 10.2. The fourth-order valence-corrected chi connectivity index (χ4v) is 3.38. The average molecular weight is 534 g/mol. The van der Waals surface area contributed by atoms with Gasteiger partial charge in [-0.1, -0.05) is 66.7 Å². The van der Waals surface area contributed by atoms with Crippen LogP contribution in [-0.2, 0) is 20.5 Å². The van der Waals surface area contributed by atoms with Gasteiger partial charge in [0.05, 0.1) is 17.5 Å². The van der Waals surface area contributed by atoms with Gasteiger partial charge in [0.15, 0.2) is 18.1 Å². The molecule has 0 saturated carbocycles. The van der Waals surface area contributed by atoms with Gasteiger partial charge < -0.3 is 4.74 Å². The number of amides is 1. The number of ether oxygens (including phenoxy) is 1. The molecule has 0 aliphatic carbocycles. The zero-order valence-electron chi connectivity index (χ0n) is 20.5. The lowest BCUT2D eigenvalue weighted by molar-refractivity contribution is -0.142. The standard InChI is InChI=1S/C27H21F3N6O3/c1-19-32-33-34-35(19)24(15-20-9-4-2-5-10-20)26(38)39-18-25(37)36(31-17-21-11-6-3-7-12-21)23-14-8-13-22(16-23)27(28,29)30/h2-17H,18H2,1H3. The SMILES string of the molecule is Cc1nnnn1C(=Cc1ccccc1)C(=O)OCC(=O)N(N=Cc1ccccc1)c1cccc(C(F)(F)F)c1. The molecule has 1 amide bonds. The molecule has 39 heavy (non-hydrogen) atoms. The summed E-state index contributed by atoms with van der Waals surface area (Å²) < 4.78 is 46.4. The third-order valence-electron chi connectivity index (χ3n) is 5.27. The highest BCUT2D eigenvalue weighted by Gasteiger charge is 2.31. The molecule has 4 rings (SSSR count). The van der Waals surface area contributed by atoms with E-state index in [1.54, 1.807) is 67.6 Å². The number of tetrazole rings is 1. The average Bonchev–Trinajstić information content (AvgIpc) is 3.36. The van der Waals surface area contributed by atoms with Crippen LogP contribution in [0, 0.1) is 6.92 Å². The van der Waals surface area contributed by atoms with E-state index < -0.39 is 30.2 Å². The molecule has 0 radical (unpaired) electrons. The monoisotopic (exact) mass is 534 g/mol. The Morgan fingerprint density at radius 1 is 0.974 bits per heavy atom. The summed E-state index contributed by atoms with van der Waals surface area (Å²) in [5, 5.41) is 16.0. The maximum Gasteiger partial charge on any atom is 0.416 e. The molecule has 9 nitrogen and oxygen atoms in total. The van der Waals surface area contributed by atoms with Crippen LogP contribution in [0.25, 0.3) is 11.8 Å². The molecule has 0 atom stereocenters. The molecule has 12 heteroatoms. The van der Waals surface area contributed by atoms with Crippen molar-refractivity contribution < 1.29 is 27.5 Å². The van der Waals surface area contributed by atoms with Crippen molar-refractivity contribution in [3.8, 4) is 0 Å². The Bertz CT molecular complexity index is 1500. The van der Waals surface area contributed by atoms with Gasteiger partial charge in [-0.05, 0) is 52.8 Å². The summed E-state index contributed by atoms with van der Waals surface area (Å²) in [6.07, 6.45) is -1.85. The van der Waals surface area contributed by atoms with Gasteiger partial charge in [0.1, 0.15) is 0 Å². The first-order valence-corrected chi connectivity index (χ1v) is 11.5.